The van der Waals surface area contributed by atoms with Crippen molar-refractivity contribution in [1.29, 1.82) is 0 Å². The van der Waals surface area contributed by atoms with Gasteiger partial charge in [0.2, 0.25) is 0 Å². The molecule has 3 aromatic rings. The van der Waals surface area contributed by atoms with Gasteiger partial charge in [-0.05, 0) is 60.0 Å². The van der Waals surface area contributed by atoms with Crippen LogP contribution < -0.4 is 4.90 Å². The zero-order valence-corrected chi connectivity index (χ0v) is 15.8. The van der Waals surface area contributed by atoms with E-state index in [-0.39, 0.29) is 11.6 Å². The van der Waals surface area contributed by atoms with E-state index in [0.717, 1.165) is 28.1 Å². The number of nitrogens with zero attached hydrogens (tertiary/aromatic N) is 2. The third-order valence-corrected chi connectivity index (χ3v) is 4.74. The second kappa shape index (κ2) is 7.56. The van der Waals surface area contributed by atoms with Crippen LogP contribution in [0.3, 0.4) is 0 Å². The van der Waals surface area contributed by atoms with E-state index >= 15 is 0 Å². The molecule has 3 aromatic carbocycles. The summed E-state index contributed by atoms with van der Waals surface area (Å²) in [4.78, 5) is 25.4. The maximum atomic E-state index is 13.3. The number of nitro benzene ring substituents is 1. The lowest BCUT2D eigenvalue weighted by Gasteiger charge is -2.21. The van der Waals surface area contributed by atoms with Crippen LogP contribution in [-0.4, -0.2) is 10.8 Å². The van der Waals surface area contributed by atoms with E-state index in [4.69, 9.17) is 0 Å². The Balaban J connectivity index is 1.78. The van der Waals surface area contributed by atoms with E-state index in [1.165, 1.54) is 12.1 Å². The highest BCUT2D eigenvalue weighted by atomic mass is 16.6. The molecule has 1 amide bonds. The number of benzene rings is 3. The first-order chi connectivity index (χ1) is 14.0. The topological polar surface area (TPSA) is 63.5 Å². The van der Waals surface area contributed by atoms with Crippen molar-refractivity contribution in [3.63, 3.8) is 0 Å². The van der Waals surface area contributed by atoms with E-state index in [2.05, 4.69) is 0 Å². The molecule has 1 aliphatic heterocycles. The maximum Gasteiger partial charge on any atom is 0.269 e. The Labute approximate surface area is 168 Å². The van der Waals surface area contributed by atoms with Gasteiger partial charge in [0.25, 0.3) is 11.6 Å². The molecule has 1 heterocycles. The molecule has 0 saturated heterocycles. The zero-order valence-electron chi connectivity index (χ0n) is 15.8. The molecular weight excluding hydrogens is 364 g/mol. The molecule has 0 N–H and O–H groups in total. The van der Waals surface area contributed by atoms with E-state index in [0.29, 0.717) is 5.57 Å². The molecule has 0 fully saturated rings. The lowest BCUT2D eigenvalue weighted by atomic mass is 10.1. The van der Waals surface area contributed by atoms with Gasteiger partial charge in [-0.2, -0.15) is 0 Å². The normalized spacial score (nSPS) is 14.9. The number of non-ortho nitro benzene ring substituents is 1. The third kappa shape index (κ3) is 3.71. The molecule has 4 rings (SSSR count). The number of rotatable bonds is 4. The predicted molar refractivity (Wildman–Crippen MR) is 114 cm³/mol. The number of nitro groups is 1. The summed E-state index contributed by atoms with van der Waals surface area (Å²) in [5, 5.41) is 10.9. The second-order valence-corrected chi connectivity index (χ2v) is 6.82. The van der Waals surface area contributed by atoms with Crippen LogP contribution in [0, 0.1) is 17.0 Å². The molecule has 0 radical (unpaired) electrons. The predicted octanol–water partition coefficient (Wildman–Crippen LogP) is 5.37. The molecule has 5 heteroatoms. The van der Waals surface area contributed by atoms with E-state index < -0.39 is 4.92 Å². The number of amides is 1. The van der Waals surface area contributed by atoms with Crippen molar-refractivity contribution in [2.75, 3.05) is 4.90 Å². The van der Waals surface area contributed by atoms with Crippen LogP contribution in [0.15, 0.2) is 90.5 Å². The van der Waals surface area contributed by atoms with Gasteiger partial charge >= 0.3 is 0 Å². The lowest BCUT2D eigenvalue weighted by molar-refractivity contribution is -0.384. The second-order valence-electron chi connectivity index (χ2n) is 6.82. The van der Waals surface area contributed by atoms with Crippen LogP contribution in [0.2, 0.25) is 0 Å². The summed E-state index contributed by atoms with van der Waals surface area (Å²) in [6, 6.07) is 23.7. The molecule has 0 aromatic heterocycles. The monoisotopic (exact) mass is 382 g/mol. The quantitative estimate of drug-likeness (QED) is 0.346. The fraction of sp³-hybridized carbons (Fsp3) is 0.0417. The Hall–Kier alpha value is -3.99. The Morgan fingerprint density at radius 3 is 2.31 bits per heavy atom. The van der Waals surface area contributed by atoms with Gasteiger partial charge in [-0.1, -0.05) is 42.5 Å². The summed E-state index contributed by atoms with van der Waals surface area (Å²) < 4.78 is 0. The molecule has 0 saturated carbocycles. The molecule has 0 bridgehead atoms. The standard InChI is InChI=1S/C24H18N2O3/c1-17-6-5-9-22(14-17)25-23(19-7-3-2-4-8-19)16-20(24(25)27)15-18-10-12-21(13-11-18)26(28)29/h2-16H,1H3/b20-15+. The van der Waals surface area contributed by atoms with Gasteiger partial charge < -0.3 is 0 Å². The van der Waals surface area contributed by atoms with Crippen molar-refractivity contribution in [3.8, 4) is 0 Å². The first-order valence-corrected chi connectivity index (χ1v) is 9.17. The Morgan fingerprint density at radius 1 is 0.931 bits per heavy atom. The summed E-state index contributed by atoms with van der Waals surface area (Å²) in [5.41, 5.74) is 4.89. The Morgan fingerprint density at radius 2 is 1.66 bits per heavy atom. The largest absolute Gasteiger partial charge is 0.276 e. The van der Waals surface area contributed by atoms with Crippen LogP contribution in [0.5, 0.6) is 0 Å². The number of hydrogen-bond donors (Lipinski definition) is 0. The number of hydrogen-bond acceptors (Lipinski definition) is 3. The van der Waals surface area contributed by atoms with Gasteiger partial charge in [0, 0.05) is 23.4 Å². The van der Waals surface area contributed by atoms with Crippen molar-refractivity contribution in [2.24, 2.45) is 0 Å². The minimum Gasteiger partial charge on any atom is -0.276 e. The summed E-state index contributed by atoms with van der Waals surface area (Å²) in [6.07, 6.45) is 3.62. The third-order valence-electron chi connectivity index (χ3n) is 4.74. The fourth-order valence-electron chi connectivity index (χ4n) is 3.33. The van der Waals surface area contributed by atoms with Crippen LogP contribution in [0.1, 0.15) is 16.7 Å². The van der Waals surface area contributed by atoms with Gasteiger partial charge in [0.15, 0.2) is 0 Å². The molecule has 0 unspecified atom stereocenters. The van der Waals surface area contributed by atoms with Crippen molar-refractivity contribution in [3.05, 3.63) is 117 Å². The number of aryl methyl sites for hydroxylation is 1. The van der Waals surface area contributed by atoms with E-state index in [9.17, 15) is 14.9 Å². The highest BCUT2D eigenvalue weighted by Gasteiger charge is 2.30. The Kier molecular flexibility index (Phi) is 4.79. The van der Waals surface area contributed by atoms with Gasteiger partial charge in [-0.15, -0.1) is 0 Å². The zero-order chi connectivity index (χ0) is 20.4. The van der Waals surface area contributed by atoms with Crippen molar-refractivity contribution in [1.82, 2.24) is 0 Å². The summed E-state index contributed by atoms with van der Waals surface area (Å²) in [6.45, 7) is 1.99. The smallest absolute Gasteiger partial charge is 0.269 e. The van der Waals surface area contributed by atoms with Crippen LogP contribution in [0.4, 0.5) is 11.4 Å². The van der Waals surface area contributed by atoms with E-state index in [1.807, 2.05) is 67.6 Å². The fourth-order valence-corrected chi connectivity index (χ4v) is 3.33. The van der Waals surface area contributed by atoms with Crippen LogP contribution in [-0.2, 0) is 4.79 Å². The van der Waals surface area contributed by atoms with Crippen LogP contribution in [0.25, 0.3) is 11.8 Å². The number of carbonyl (C=O) groups excluding carboxylic acids is 1. The average molecular weight is 382 g/mol. The average Bonchev–Trinajstić information content (AvgIpc) is 3.05. The molecule has 1 aliphatic rings. The first-order valence-electron chi connectivity index (χ1n) is 9.17. The van der Waals surface area contributed by atoms with Crippen molar-refractivity contribution in [2.45, 2.75) is 6.92 Å². The SMILES string of the molecule is Cc1cccc(N2C(=O)/C(=C/c3ccc([N+](=O)[O-])cc3)C=C2c2ccccc2)c1. The minimum atomic E-state index is -0.440. The van der Waals surface area contributed by atoms with Gasteiger partial charge in [0.05, 0.1) is 10.6 Å². The Bertz CT molecular complexity index is 1150. The van der Waals surface area contributed by atoms with Crippen molar-refractivity contribution < 1.29 is 9.72 Å². The van der Waals surface area contributed by atoms with E-state index in [1.54, 1.807) is 23.1 Å². The molecule has 29 heavy (non-hydrogen) atoms. The lowest BCUT2D eigenvalue weighted by Crippen LogP contribution is -2.25. The van der Waals surface area contributed by atoms with Crippen molar-refractivity contribution >= 4 is 29.1 Å². The summed E-state index contributed by atoms with van der Waals surface area (Å²) in [7, 11) is 0. The highest BCUT2D eigenvalue weighted by Crippen LogP contribution is 2.35. The number of anilines is 1. The van der Waals surface area contributed by atoms with Gasteiger partial charge in [-0.3, -0.25) is 19.8 Å². The first kappa shape index (κ1) is 18.4. The molecule has 0 aliphatic carbocycles. The molecule has 5 nitrogen and oxygen atoms in total. The van der Waals surface area contributed by atoms with Crippen LogP contribution >= 0.6 is 0 Å². The van der Waals surface area contributed by atoms with Gasteiger partial charge in [-0.25, -0.2) is 0 Å². The van der Waals surface area contributed by atoms with Gasteiger partial charge in [0.1, 0.15) is 0 Å². The molecular formula is C24H18N2O3. The highest BCUT2D eigenvalue weighted by molar-refractivity contribution is 6.23. The minimum absolute atomic E-state index is 0.0202. The summed E-state index contributed by atoms with van der Waals surface area (Å²) in [5.74, 6) is -0.132. The molecule has 0 spiro atoms. The number of carbonyl (C=O) groups is 1. The molecule has 0 atom stereocenters. The summed E-state index contributed by atoms with van der Waals surface area (Å²) >= 11 is 0. The maximum absolute atomic E-state index is 13.3. The molecule has 142 valence electrons.